The standard InChI is InChI=1S/C10H19NO/c1-5-6-10(3,4)7-8(2)9(11)12/h7H,5-6H2,1-4H3,(H2,11,12)/b8-7+. The first-order valence-corrected chi connectivity index (χ1v) is 4.38. The fraction of sp³-hybridized carbons (Fsp3) is 0.700. The van der Waals surface area contributed by atoms with Crippen molar-refractivity contribution in [2.24, 2.45) is 11.1 Å². The lowest BCUT2D eigenvalue weighted by Gasteiger charge is -2.19. The van der Waals surface area contributed by atoms with Crippen molar-refractivity contribution >= 4 is 5.91 Å². The molecule has 0 heterocycles. The minimum absolute atomic E-state index is 0.0911. The van der Waals surface area contributed by atoms with Gasteiger partial charge in [0.05, 0.1) is 0 Å². The second kappa shape index (κ2) is 4.29. The highest BCUT2D eigenvalue weighted by Crippen LogP contribution is 2.25. The minimum atomic E-state index is -0.320. The molecular formula is C10H19NO. The molecule has 0 atom stereocenters. The van der Waals surface area contributed by atoms with Gasteiger partial charge in [-0.25, -0.2) is 0 Å². The molecular weight excluding hydrogens is 150 g/mol. The molecule has 0 rings (SSSR count). The molecule has 0 aromatic carbocycles. The quantitative estimate of drug-likeness (QED) is 0.644. The number of amides is 1. The maximum Gasteiger partial charge on any atom is 0.244 e. The van der Waals surface area contributed by atoms with Crippen LogP contribution < -0.4 is 5.73 Å². The molecule has 1 amide bonds. The number of carbonyl (C=O) groups is 1. The highest BCUT2D eigenvalue weighted by molar-refractivity contribution is 5.91. The molecule has 0 aliphatic carbocycles. The second-order valence-corrected chi connectivity index (χ2v) is 3.93. The number of hydrogen-bond acceptors (Lipinski definition) is 1. The summed E-state index contributed by atoms with van der Waals surface area (Å²) in [5.74, 6) is -0.320. The van der Waals surface area contributed by atoms with Crippen molar-refractivity contribution < 1.29 is 4.79 Å². The van der Waals surface area contributed by atoms with E-state index < -0.39 is 0 Å². The van der Waals surface area contributed by atoms with Gasteiger partial charge < -0.3 is 5.73 Å². The first-order valence-electron chi connectivity index (χ1n) is 4.38. The lowest BCUT2D eigenvalue weighted by molar-refractivity contribution is -0.114. The second-order valence-electron chi connectivity index (χ2n) is 3.93. The van der Waals surface area contributed by atoms with Crippen LogP contribution in [-0.4, -0.2) is 5.91 Å². The number of rotatable bonds is 4. The van der Waals surface area contributed by atoms with E-state index >= 15 is 0 Å². The van der Waals surface area contributed by atoms with Crippen LogP contribution in [-0.2, 0) is 4.79 Å². The third-order valence-corrected chi connectivity index (χ3v) is 1.89. The first-order chi connectivity index (χ1) is 5.39. The van der Waals surface area contributed by atoms with Crippen LogP contribution >= 0.6 is 0 Å². The van der Waals surface area contributed by atoms with Gasteiger partial charge in [-0.05, 0) is 18.8 Å². The van der Waals surface area contributed by atoms with E-state index in [9.17, 15) is 4.79 Å². The summed E-state index contributed by atoms with van der Waals surface area (Å²) in [7, 11) is 0. The minimum Gasteiger partial charge on any atom is -0.366 e. The fourth-order valence-electron chi connectivity index (χ4n) is 1.37. The average molecular weight is 169 g/mol. The lowest BCUT2D eigenvalue weighted by atomic mass is 9.86. The van der Waals surface area contributed by atoms with Crippen LogP contribution in [0.3, 0.4) is 0 Å². The molecule has 0 bridgehead atoms. The van der Waals surface area contributed by atoms with E-state index in [4.69, 9.17) is 5.73 Å². The third-order valence-electron chi connectivity index (χ3n) is 1.89. The van der Waals surface area contributed by atoms with Gasteiger partial charge in [-0.15, -0.1) is 0 Å². The Bertz CT molecular complexity index is 192. The number of hydrogen-bond donors (Lipinski definition) is 1. The summed E-state index contributed by atoms with van der Waals surface area (Å²) in [6, 6.07) is 0. The van der Waals surface area contributed by atoms with Crippen molar-refractivity contribution in [2.45, 2.75) is 40.5 Å². The van der Waals surface area contributed by atoms with Gasteiger partial charge in [-0.2, -0.15) is 0 Å². The summed E-state index contributed by atoms with van der Waals surface area (Å²) in [6.07, 6.45) is 4.16. The van der Waals surface area contributed by atoms with Crippen LogP contribution in [0.25, 0.3) is 0 Å². The number of allylic oxidation sites excluding steroid dienone is 1. The van der Waals surface area contributed by atoms with Crippen LogP contribution in [0.15, 0.2) is 11.6 Å². The zero-order chi connectivity index (χ0) is 9.78. The molecule has 2 N–H and O–H groups in total. The van der Waals surface area contributed by atoms with Gasteiger partial charge in [-0.3, -0.25) is 4.79 Å². The molecule has 0 unspecified atom stereocenters. The monoisotopic (exact) mass is 169 g/mol. The van der Waals surface area contributed by atoms with Crippen molar-refractivity contribution in [3.63, 3.8) is 0 Å². The van der Waals surface area contributed by atoms with E-state index in [0.717, 1.165) is 12.8 Å². The molecule has 0 aromatic rings. The molecule has 0 saturated heterocycles. The summed E-state index contributed by atoms with van der Waals surface area (Å²) in [5, 5.41) is 0. The third kappa shape index (κ3) is 4.16. The van der Waals surface area contributed by atoms with Crippen LogP contribution in [0.4, 0.5) is 0 Å². The van der Waals surface area contributed by atoms with E-state index in [1.807, 2.05) is 6.08 Å². The SMILES string of the molecule is CCCC(C)(C)/C=C(\C)C(N)=O. The molecule has 0 aliphatic rings. The van der Waals surface area contributed by atoms with Crippen molar-refractivity contribution in [3.05, 3.63) is 11.6 Å². The molecule has 2 heteroatoms. The molecule has 0 aromatic heterocycles. The van der Waals surface area contributed by atoms with Gasteiger partial charge in [0.25, 0.3) is 0 Å². The smallest absolute Gasteiger partial charge is 0.244 e. The Labute approximate surface area is 74.8 Å². The van der Waals surface area contributed by atoms with Crippen molar-refractivity contribution in [1.29, 1.82) is 0 Å². The molecule has 0 spiro atoms. The Balaban J connectivity index is 4.38. The zero-order valence-corrected chi connectivity index (χ0v) is 8.48. The van der Waals surface area contributed by atoms with Gasteiger partial charge >= 0.3 is 0 Å². The van der Waals surface area contributed by atoms with Gasteiger partial charge in [0.1, 0.15) is 0 Å². The Morgan fingerprint density at radius 1 is 1.50 bits per heavy atom. The summed E-state index contributed by atoms with van der Waals surface area (Å²) in [4.78, 5) is 10.7. The topological polar surface area (TPSA) is 43.1 Å². The summed E-state index contributed by atoms with van der Waals surface area (Å²) in [5.41, 5.74) is 5.88. The van der Waals surface area contributed by atoms with Gasteiger partial charge in [0, 0.05) is 5.57 Å². The fourth-order valence-corrected chi connectivity index (χ4v) is 1.37. The molecule has 0 radical (unpaired) electrons. The molecule has 12 heavy (non-hydrogen) atoms. The normalized spacial score (nSPS) is 13.2. The molecule has 0 saturated carbocycles. The summed E-state index contributed by atoms with van der Waals surface area (Å²) >= 11 is 0. The number of nitrogens with two attached hydrogens (primary N) is 1. The highest BCUT2D eigenvalue weighted by atomic mass is 16.1. The molecule has 0 fully saturated rings. The van der Waals surface area contributed by atoms with Crippen molar-refractivity contribution in [2.75, 3.05) is 0 Å². The Morgan fingerprint density at radius 3 is 2.33 bits per heavy atom. The molecule has 0 aliphatic heterocycles. The van der Waals surface area contributed by atoms with Crippen LogP contribution in [0.5, 0.6) is 0 Å². The Kier molecular flexibility index (Phi) is 4.01. The van der Waals surface area contributed by atoms with Crippen LogP contribution in [0.1, 0.15) is 40.5 Å². The Morgan fingerprint density at radius 2 is 2.00 bits per heavy atom. The van der Waals surface area contributed by atoms with E-state index in [0.29, 0.717) is 5.57 Å². The van der Waals surface area contributed by atoms with E-state index in [1.54, 1.807) is 6.92 Å². The summed E-state index contributed by atoms with van der Waals surface area (Å²) < 4.78 is 0. The molecule has 2 nitrogen and oxygen atoms in total. The van der Waals surface area contributed by atoms with Crippen molar-refractivity contribution in [3.8, 4) is 0 Å². The van der Waals surface area contributed by atoms with Gasteiger partial charge in [0.15, 0.2) is 0 Å². The number of primary amides is 1. The van der Waals surface area contributed by atoms with Crippen molar-refractivity contribution in [1.82, 2.24) is 0 Å². The number of carbonyl (C=O) groups excluding carboxylic acids is 1. The van der Waals surface area contributed by atoms with Crippen LogP contribution in [0, 0.1) is 5.41 Å². The Hall–Kier alpha value is -0.790. The zero-order valence-electron chi connectivity index (χ0n) is 8.48. The summed E-state index contributed by atoms with van der Waals surface area (Å²) in [6.45, 7) is 8.13. The predicted molar refractivity (Wildman–Crippen MR) is 51.6 cm³/mol. The lowest BCUT2D eigenvalue weighted by Crippen LogP contribution is -2.16. The van der Waals surface area contributed by atoms with Gasteiger partial charge in [0.2, 0.25) is 5.91 Å². The maximum atomic E-state index is 10.7. The molecule has 70 valence electrons. The highest BCUT2D eigenvalue weighted by Gasteiger charge is 2.14. The largest absolute Gasteiger partial charge is 0.366 e. The van der Waals surface area contributed by atoms with E-state index in [-0.39, 0.29) is 11.3 Å². The average Bonchev–Trinajstić information content (AvgIpc) is 1.85. The van der Waals surface area contributed by atoms with Gasteiger partial charge in [-0.1, -0.05) is 33.3 Å². The maximum absolute atomic E-state index is 10.7. The van der Waals surface area contributed by atoms with E-state index in [1.165, 1.54) is 0 Å². The van der Waals surface area contributed by atoms with E-state index in [2.05, 4.69) is 20.8 Å². The predicted octanol–water partition coefficient (Wildman–Crippen LogP) is 2.24. The first kappa shape index (κ1) is 11.2. The van der Waals surface area contributed by atoms with Crippen LogP contribution in [0.2, 0.25) is 0 Å².